The second-order valence-electron chi connectivity index (χ2n) is 8.50. The minimum Gasteiger partial charge on any atom is -0.376 e. The highest BCUT2D eigenvalue weighted by Gasteiger charge is 2.27. The lowest BCUT2D eigenvalue weighted by molar-refractivity contribution is -0.915. The lowest BCUT2D eigenvalue weighted by Gasteiger charge is -2.37. The summed E-state index contributed by atoms with van der Waals surface area (Å²) in [5.41, 5.74) is 0.783. The van der Waals surface area contributed by atoms with Crippen LogP contribution in [0.3, 0.4) is 0 Å². The van der Waals surface area contributed by atoms with Gasteiger partial charge in [-0.15, -0.1) is 0 Å². The van der Waals surface area contributed by atoms with Gasteiger partial charge < -0.3 is 29.1 Å². The summed E-state index contributed by atoms with van der Waals surface area (Å²) in [5, 5.41) is 6.31. The molecule has 28 heavy (non-hydrogen) atoms. The zero-order chi connectivity index (χ0) is 20.0. The number of allylic oxidation sites excluding steroid dienone is 2. The standard InChI is InChI=1S/C20H32N4O4/c1-23(7-11-27-12-8-23)5-3-21-17-15-20(26)18(16-19(17)25)22-4-6-24(2)9-13-28-14-10-24/h15-16H,3-14H2,1-2H3/p+2. The van der Waals surface area contributed by atoms with Crippen molar-refractivity contribution in [1.82, 2.24) is 10.6 Å². The summed E-state index contributed by atoms with van der Waals surface area (Å²) in [4.78, 5) is 24.8. The van der Waals surface area contributed by atoms with E-state index in [1.807, 2.05) is 0 Å². The van der Waals surface area contributed by atoms with Crippen LogP contribution in [0, 0.1) is 0 Å². The lowest BCUT2D eigenvalue weighted by Crippen LogP contribution is -2.54. The molecule has 2 saturated heterocycles. The Labute approximate surface area is 167 Å². The van der Waals surface area contributed by atoms with Crippen molar-refractivity contribution in [2.24, 2.45) is 0 Å². The van der Waals surface area contributed by atoms with Crippen molar-refractivity contribution >= 4 is 11.6 Å². The summed E-state index contributed by atoms with van der Waals surface area (Å²) >= 11 is 0. The highest BCUT2D eigenvalue weighted by molar-refractivity contribution is 6.19. The van der Waals surface area contributed by atoms with Gasteiger partial charge in [0, 0.05) is 12.2 Å². The molecule has 8 nitrogen and oxygen atoms in total. The van der Waals surface area contributed by atoms with Crippen LogP contribution in [0.1, 0.15) is 0 Å². The number of carbonyl (C=O) groups is 2. The van der Waals surface area contributed by atoms with Crippen LogP contribution in [0.4, 0.5) is 0 Å². The molecule has 2 aliphatic heterocycles. The van der Waals surface area contributed by atoms with Gasteiger partial charge in [0.15, 0.2) is 0 Å². The van der Waals surface area contributed by atoms with Gasteiger partial charge in [0.05, 0.1) is 78.1 Å². The summed E-state index contributed by atoms with van der Waals surface area (Å²) < 4.78 is 12.7. The van der Waals surface area contributed by atoms with Crippen LogP contribution in [0.5, 0.6) is 0 Å². The highest BCUT2D eigenvalue weighted by Crippen LogP contribution is 2.11. The Balaban J connectivity index is 1.43. The third-order valence-electron chi connectivity index (χ3n) is 6.12. The average molecular weight is 395 g/mol. The van der Waals surface area contributed by atoms with E-state index in [1.165, 1.54) is 12.2 Å². The fourth-order valence-corrected chi connectivity index (χ4v) is 3.77. The van der Waals surface area contributed by atoms with E-state index in [4.69, 9.17) is 9.47 Å². The van der Waals surface area contributed by atoms with E-state index in [-0.39, 0.29) is 11.6 Å². The number of ketones is 2. The normalized spacial score (nSPS) is 24.4. The van der Waals surface area contributed by atoms with Crippen LogP contribution in [-0.2, 0) is 19.1 Å². The molecule has 2 heterocycles. The molecule has 0 saturated carbocycles. The van der Waals surface area contributed by atoms with Gasteiger partial charge in [0.25, 0.3) is 0 Å². The Bertz CT molecular complexity index is 591. The second-order valence-corrected chi connectivity index (χ2v) is 8.50. The Morgan fingerprint density at radius 2 is 1.11 bits per heavy atom. The molecule has 0 aromatic rings. The molecule has 0 spiro atoms. The first kappa shape index (κ1) is 21.0. The van der Waals surface area contributed by atoms with Crippen molar-refractivity contribution < 1.29 is 28.0 Å². The third-order valence-corrected chi connectivity index (χ3v) is 6.12. The van der Waals surface area contributed by atoms with Crippen LogP contribution in [0.25, 0.3) is 0 Å². The lowest BCUT2D eigenvalue weighted by atomic mass is 10.1. The zero-order valence-electron chi connectivity index (χ0n) is 17.2. The van der Waals surface area contributed by atoms with Crippen molar-refractivity contribution in [2.75, 3.05) is 92.9 Å². The number of carbonyl (C=O) groups excluding carboxylic acids is 2. The number of hydrogen-bond acceptors (Lipinski definition) is 6. The second kappa shape index (κ2) is 9.17. The first-order chi connectivity index (χ1) is 13.4. The van der Waals surface area contributed by atoms with E-state index in [0.717, 1.165) is 74.7 Å². The molecule has 3 aliphatic rings. The van der Waals surface area contributed by atoms with Gasteiger partial charge in [-0.2, -0.15) is 0 Å². The summed E-state index contributed by atoms with van der Waals surface area (Å²) in [6, 6.07) is 0. The SMILES string of the molecule is C[N+]1(CCNC2=CC(=O)C(NCC[N+]3(C)CCOCC3)=CC2=O)CCOCC1. The van der Waals surface area contributed by atoms with E-state index < -0.39 is 0 Å². The van der Waals surface area contributed by atoms with E-state index in [2.05, 4.69) is 24.7 Å². The van der Waals surface area contributed by atoms with Crippen molar-refractivity contribution in [3.63, 3.8) is 0 Å². The molecule has 0 amide bonds. The highest BCUT2D eigenvalue weighted by atomic mass is 16.5. The third kappa shape index (κ3) is 5.64. The molecule has 0 radical (unpaired) electrons. The van der Waals surface area contributed by atoms with Gasteiger partial charge in [-0.1, -0.05) is 0 Å². The number of nitrogens with zero attached hydrogens (tertiary/aromatic N) is 2. The molecule has 2 N–H and O–H groups in total. The Hall–Kier alpha value is -1.74. The molecular formula is C20H34N4O4+2. The average Bonchev–Trinajstić information content (AvgIpc) is 2.66. The first-order valence-electron chi connectivity index (χ1n) is 10.2. The largest absolute Gasteiger partial charge is 0.376 e. The predicted molar refractivity (Wildman–Crippen MR) is 105 cm³/mol. The molecule has 8 heteroatoms. The molecule has 0 aromatic heterocycles. The molecular weight excluding hydrogens is 360 g/mol. The Kier molecular flexibility index (Phi) is 6.87. The van der Waals surface area contributed by atoms with Gasteiger partial charge in [0.1, 0.15) is 26.2 Å². The maximum atomic E-state index is 12.4. The molecule has 0 aromatic carbocycles. The van der Waals surface area contributed by atoms with E-state index in [1.54, 1.807) is 0 Å². The predicted octanol–water partition coefficient (Wildman–Crippen LogP) is -0.961. The molecule has 0 bridgehead atoms. The topological polar surface area (TPSA) is 76.7 Å². The number of morpholine rings is 2. The number of rotatable bonds is 8. The molecule has 1 aliphatic carbocycles. The van der Waals surface area contributed by atoms with Gasteiger partial charge in [0.2, 0.25) is 11.6 Å². The zero-order valence-corrected chi connectivity index (χ0v) is 17.2. The van der Waals surface area contributed by atoms with Gasteiger partial charge in [-0.3, -0.25) is 9.59 Å². The maximum Gasteiger partial charge on any atom is 0.203 e. The van der Waals surface area contributed by atoms with Crippen molar-refractivity contribution in [1.29, 1.82) is 0 Å². The first-order valence-corrected chi connectivity index (χ1v) is 10.2. The number of hydrogen-bond donors (Lipinski definition) is 2. The summed E-state index contributed by atoms with van der Waals surface area (Å²) in [7, 11) is 4.40. The minimum absolute atomic E-state index is 0.140. The van der Waals surface area contributed by atoms with Gasteiger partial charge >= 0.3 is 0 Å². The molecule has 0 unspecified atom stereocenters. The van der Waals surface area contributed by atoms with Crippen molar-refractivity contribution in [2.45, 2.75) is 0 Å². The Morgan fingerprint density at radius 1 is 0.750 bits per heavy atom. The number of ether oxygens (including phenoxy) is 2. The summed E-state index contributed by atoms with van der Waals surface area (Å²) in [5.74, 6) is -0.281. The fraction of sp³-hybridized carbons (Fsp3) is 0.700. The van der Waals surface area contributed by atoms with Crippen LogP contribution >= 0.6 is 0 Å². The van der Waals surface area contributed by atoms with E-state index in [9.17, 15) is 9.59 Å². The minimum atomic E-state index is -0.140. The Morgan fingerprint density at radius 3 is 1.46 bits per heavy atom. The summed E-state index contributed by atoms with van der Waals surface area (Å²) in [6.45, 7) is 10.1. The van der Waals surface area contributed by atoms with E-state index >= 15 is 0 Å². The summed E-state index contributed by atoms with van der Waals surface area (Å²) in [6.07, 6.45) is 2.85. The smallest absolute Gasteiger partial charge is 0.203 e. The molecule has 0 atom stereocenters. The molecule has 2 fully saturated rings. The van der Waals surface area contributed by atoms with Crippen molar-refractivity contribution in [3.05, 3.63) is 23.5 Å². The van der Waals surface area contributed by atoms with Gasteiger partial charge in [-0.05, 0) is 0 Å². The number of quaternary nitrogens is 2. The number of nitrogens with one attached hydrogen (secondary N) is 2. The van der Waals surface area contributed by atoms with Crippen LogP contribution in [0.15, 0.2) is 23.5 Å². The molecule has 3 rings (SSSR count). The van der Waals surface area contributed by atoms with Gasteiger partial charge in [-0.25, -0.2) is 0 Å². The monoisotopic (exact) mass is 394 g/mol. The van der Waals surface area contributed by atoms with Crippen LogP contribution in [0.2, 0.25) is 0 Å². The maximum absolute atomic E-state index is 12.4. The fourth-order valence-electron chi connectivity index (χ4n) is 3.77. The number of likely N-dealkylation sites (N-methyl/N-ethyl adjacent to an activating group) is 2. The van der Waals surface area contributed by atoms with Crippen LogP contribution in [-0.4, -0.2) is 113 Å². The molecule has 156 valence electrons. The van der Waals surface area contributed by atoms with E-state index in [0.29, 0.717) is 24.5 Å². The van der Waals surface area contributed by atoms with Crippen LogP contribution < -0.4 is 10.6 Å². The van der Waals surface area contributed by atoms with Crippen molar-refractivity contribution in [3.8, 4) is 0 Å². The quantitative estimate of drug-likeness (QED) is 0.408.